The van der Waals surface area contributed by atoms with Crippen molar-refractivity contribution in [3.8, 4) is 0 Å². The van der Waals surface area contributed by atoms with Gasteiger partial charge in [0.15, 0.2) is 0 Å². The van der Waals surface area contributed by atoms with Crippen LogP contribution in [-0.4, -0.2) is 80.9 Å². The zero-order valence-electron chi connectivity index (χ0n) is 26.9. The summed E-state index contributed by atoms with van der Waals surface area (Å²) in [6, 6.07) is -1.80. The molecule has 2 aliphatic heterocycles. The number of aliphatic hydroxyl groups is 1. The third-order valence-corrected chi connectivity index (χ3v) is 10.8. The fourth-order valence-corrected chi connectivity index (χ4v) is 8.04. The SMILES string of the molecule is CCC(C)[C@H](NP(=S)(OC[C@H]1O[C@@H](n2cc(C)c(=O)[nH]c2=O)C[C@@H]1N=[N+]=[N-])O[C@H]1C[C@H](n2cc(C)c(=O)[nH]c2=O)O[C@@H]1CO)C(=O)OC. The lowest BCUT2D eigenvalue weighted by atomic mass is 10.0. The maximum absolute atomic E-state index is 12.9. The zero-order chi connectivity index (χ0) is 35.3. The highest BCUT2D eigenvalue weighted by Crippen LogP contribution is 2.51. The van der Waals surface area contributed by atoms with Crippen molar-refractivity contribution in [3.63, 3.8) is 0 Å². The Kier molecular flexibility index (Phi) is 12.3. The molecule has 0 amide bonds. The maximum atomic E-state index is 12.9. The van der Waals surface area contributed by atoms with E-state index in [1.807, 2.05) is 6.92 Å². The third kappa shape index (κ3) is 8.39. The number of nitrogens with zero attached hydrogens (tertiary/aromatic N) is 5. The van der Waals surface area contributed by atoms with Gasteiger partial charge in [-0.15, -0.1) is 0 Å². The molecule has 2 saturated heterocycles. The second-order valence-electron chi connectivity index (χ2n) is 11.6. The van der Waals surface area contributed by atoms with Crippen LogP contribution < -0.4 is 27.6 Å². The molecule has 2 aromatic rings. The van der Waals surface area contributed by atoms with Gasteiger partial charge in [-0.05, 0) is 37.1 Å². The normalized spacial score (nSPS) is 26.4. The van der Waals surface area contributed by atoms with Crippen molar-refractivity contribution in [1.29, 1.82) is 0 Å². The third-order valence-electron chi connectivity index (χ3n) is 8.33. The lowest BCUT2D eigenvalue weighted by molar-refractivity contribution is -0.144. The molecular formula is C27H39N8O11PS. The summed E-state index contributed by atoms with van der Waals surface area (Å²) < 4.78 is 31.9. The van der Waals surface area contributed by atoms with Gasteiger partial charge in [0.25, 0.3) is 17.8 Å². The van der Waals surface area contributed by atoms with Crippen LogP contribution in [0.25, 0.3) is 10.4 Å². The number of aromatic amines is 2. The quantitative estimate of drug-likeness (QED) is 0.0694. The largest absolute Gasteiger partial charge is 0.468 e. The first-order valence-corrected chi connectivity index (χ1v) is 17.8. The molecule has 0 bridgehead atoms. The summed E-state index contributed by atoms with van der Waals surface area (Å²) in [5.74, 6) is -0.925. The van der Waals surface area contributed by atoms with Crippen LogP contribution in [0, 0.1) is 19.8 Å². The number of hydrogen-bond acceptors (Lipinski definition) is 13. The van der Waals surface area contributed by atoms with Gasteiger partial charge < -0.3 is 28.4 Å². The lowest BCUT2D eigenvalue weighted by Crippen LogP contribution is -2.43. The molecule has 2 aromatic heterocycles. The number of H-pyrrole nitrogens is 2. The van der Waals surface area contributed by atoms with Gasteiger partial charge in [-0.3, -0.25) is 33.5 Å². The Bertz CT molecular complexity index is 1820. The summed E-state index contributed by atoms with van der Waals surface area (Å²) in [6.45, 7) is 2.11. The van der Waals surface area contributed by atoms with E-state index in [0.29, 0.717) is 6.42 Å². The highest BCUT2D eigenvalue weighted by molar-refractivity contribution is 8.09. The lowest BCUT2D eigenvalue weighted by Gasteiger charge is -2.33. The first kappa shape index (κ1) is 37.4. The van der Waals surface area contributed by atoms with Crippen LogP contribution in [0.4, 0.5) is 0 Å². The Balaban J connectivity index is 1.63. The number of nitrogens with one attached hydrogen (secondary N) is 3. The molecule has 19 nitrogen and oxygen atoms in total. The molecule has 4 N–H and O–H groups in total. The molecule has 0 saturated carbocycles. The molecule has 2 unspecified atom stereocenters. The number of hydrogen-bond donors (Lipinski definition) is 4. The Labute approximate surface area is 278 Å². The standard InChI is InChI=1S/C27H39N8O11PS/c1-6-13(2)22(25(39)42-5)32-47(48,46-17-8-21(44-18(17)11-36)35-10-15(4)24(38)30-27(35)41)43-12-19-16(31-33-28)7-20(45-19)34-9-14(3)23(37)29-26(34)40/h9-10,13,16-22,36H,6-8,11-12H2,1-5H3,(H,32,48)(H,29,37,40)(H,30,38,41)/t13?,16-,17-,18+,19+,20+,21+,22-,47?/m0/s1. The number of aromatic nitrogens is 4. The van der Waals surface area contributed by atoms with E-state index in [9.17, 15) is 34.6 Å². The summed E-state index contributed by atoms with van der Waals surface area (Å²) in [7, 11) is 1.23. The molecule has 0 radical (unpaired) electrons. The number of aliphatic hydroxyl groups excluding tert-OH is 1. The average molecular weight is 715 g/mol. The van der Waals surface area contributed by atoms with Crippen molar-refractivity contribution in [2.45, 2.75) is 89.8 Å². The van der Waals surface area contributed by atoms with Crippen LogP contribution in [0.3, 0.4) is 0 Å². The minimum atomic E-state index is -3.75. The van der Waals surface area contributed by atoms with Gasteiger partial charge in [-0.2, -0.15) is 0 Å². The molecule has 0 aromatic carbocycles. The summed E-state index contributed by atoms with van der Waals surface area (Å²) in [5.41, 5.74) is 7.22. The monoisotopic (exact) mass is 714 g/mol. The molecular weight excluding hydrogens is 675 g/mol. The molecule has 9 atom stereocenters. The molecule has 21 heteroatoms. The van der Waals surface area contributed by atoms with Crippen LogP contribution in [-0.2, 0) is 39.9 Å². The Morgan fingerprint density at radius 3 is 2.21 bits per heavy atom. The molecule has 4 heterocycles. The van der Waals surface area contributed by atoms with Crippen molar-refractivity contribution >= 4 is 24.4 Å². The van der Waals surface area contributed by atoms with E-state index in [1.165, 1.54) is 42.5 Å². The van der Waals surface area contributed by atoms with Gasteiger partial charge in [0, 0.05) is 41.3 Å². The smallest absolute Gasteiger partial charge is 0.330 e. The predicted octanol–water partition coefficient (Wildman–Crippen LogP) is 0.753. The number of esters is 1. The van der Waals surface area contributed by atoms with Gasteiger partial charge in [0.1, 0.15) is 24.6 Å². The summed E-state index contributed by atoms with van der Waals surface area (Å²) in [5, 5.41) is 17.0. The maximum Gasteiger partial charge on any atom is 0.330 e. The van der Waals surface area contributed by atoms with Gasteiger partial charge >= 0.3 is 17.3 Å². The number of ether oxygens (including phenoxy) is 3. The number of carbonyl (C=O) groups excluding carboxylic acids is 1. The van der Waals surface area contributed by atoms with Gasteiger partial charge in [-0.1, -0.05) is 25.4 Å². The van der Waals surface area contributed by atoms with E-state index in [-0.39, 0.29) is 36.5 Å². The van der Waals surface area contributed by atoms with Crippen LogP contribution in [0.5, 0.6) is 0 Å². The fraction of sp³-hybridized carbons (Fsp3) is 0.667. The minimum Gasteiger partial charge on any atom is -0.468 e. The number of rotatable bonds is 14. The van der Waals surface area contributed by atoms with Gasteiger partial charge in [0.05, 0.1) is 38.6 Å². The van der Waals surface area contributed by atoms with E-state index in [1.54, 1.807) is 6.92 Å². The van der Waals surface area contributed by atoms with E-state index in [2.05, 4.69) is 25.1 Å². The topological polar surface area (TPSA) is 254 Å². The molecule has 264 valence electrons. The Morgan fingerprint density at radius 1 is 1.12 bits per heavy atom. The van der Waals surface area contributed by atoms with Crippen LogP contribution in [0.15, 0.2) is 36.7 Å². The zero-order valence-corrected chi connectivity index (χ0v) is 28.6. The van der Waals surface area contributed by atoms with Crippen molar-refractivity contribution in [1.82, 2.24) is 24.2 Å². The second kappa shape index (κ2) is 15.8. The van der Waals surface area contributed by atoms with Crippen LogP contribution in [0.2, 0.25) is 0 Å². The number of methoxy groups -OCH3 is 1. The number of aryl methyl sites for hydroxylation is 2. The second-order valence-corrected chi connectivity index (χ2v) is 14.8. The van der Waals surface area contributed by atoms with Gasteiger partial charge in [-0.25, -0.2) is 14.7 Å². The summed E-state index contributed by atoms with van der Waals surface area (Å²) in [4.78, 5) is 69.1. The van der Waals surface area contributed by atoms with E-state index in [4.69, 9.17) is 35.1 Å². The first-order chi connectivity index (χ1) is 22.7. The fourth-order valence-electron chi connectivity index (χ4n) is 5.36. The number of azide groups is 1. The van der Waals surface area contributed by atoms with Crippen molar-refractivity contribution in [3.05, 3.63) is 75.6 Å². The summed E-state index contributed by atoms with van der Waals surface area (Å²) in [6.07, 6.45) is -1.47. The molecule has 48 heavy (non-hydrogen) atoms. The Morgan fingerprint density at radius 2 is 1.69 bits per heavy atom. The highest BCUT2D eigenvalue weighted by atomic mass is 32.5. The van der Waals surface area contributed by atoms with E-state index >= 15 is 0 Å². The number of carbonyl (C=O) groups is 1. The van der Waals surface area contributed by atoms with Gasteiger partial charge in [0.2, 0.25) is 0 Å². The van der Waals surface area contributed by atoms with E-state index in [0.717, 1.165) is 0 Å². The highest BCUT2D eigenvalue weighted by Gasteiger charge is 2.44. The first-order valence-electron chi connectivity index (χ1n) is 15.1. The molecule has 4 rings (SSSR count). The van der Waals surface area contributed by atoms with Crippen LogP contribution in [0.1, 0.15) is 56.7 Å². The van der Waals surface area contributed by atoms with Crippen molar-refractivity contribution in [2.24, 2.45) is 11.0 Å². The minimum absolute atomic E-state index is 0.00407. The Hall–Kier alpha value is -3.45. The average Bonchev–Trinajstić information content (AvgIpc) is 3.65. The summed E-state index contributed by atoms with van der Waals surface area (Å²) >= 11 is 5.92. The molecule has 0 spiro atoms. The molecule has 0 aliphatic carbocycles. The van der Waals surface area contributed by atoms with Crippen molar-refractivity contribution < 1.29 is 33.2 Å². The predicted molar refractivity (Wildman–Crippen MR) is 173 cm³/mol. The van der Waals surface area contributed by atoms with Crippen molar-refractivity contribution in [2.75, 3.05) is 20.3 Å². The van der Waals surface area contributed by atoms with Crippen LogP contribution >= 0.6 is 6.64 Å². The van der Waals surface area contributed by atoms with E-state index < -0.39 is 84.6 Å². The molecule has 2 fully saturated rings. The molecule has 2 aliphatic rings.